The predicted octanol–water partition coefficient (Wildman–Crippen LogP) is 5.23. The smallest absolute Gasteiger partial charge is 0.405 e. The lowest BCUT2D eigenvalue weighted by Crippen LogP contribution is -2.34. The lowest BCUT2D eigenvalue weighted by atomic mass is 10.1. The first-order chi connectivity index (χ1) is 15.0. The Kier molecular flexibility index (Phi) is 6.95. The number of sulfonamides is 1. The van der Waals surface area contributed by atoms with E-state index in [9.17, 15) is 26.4 Å². The molecule has 0 heterocycles. The van der Waals surface area contributed by atoms with Crippen LogP contribution in [0, 0.1) is 0 Å². The summed E-state index contributed by atoms with van der Waals surface area (Å²) in [6.07, 6.45) is -4.64. The van der Waals surface area contributed by atoms with Gasteiger partial charge in [-0.3, -0.25) is 9.52 Å². The van der Waals surface area contributed by atoms with Gasteiger partial charge in [0.05, 0.1) is 16.1 Å². The zero-order chi connectivity index (χ0) is 23.4. The van der Waals surface area contributed by atoms with E-state index in [1.165, 1.54) is 36.4 Å². The SMILES string of the molecule is O=C(NCC(F)(F)F)c1cc(Oc2ccccc2)ccc1NS(=O)(=O)c1ccc(Cl)cc1. The van der Waals surface area contributed by atoms with Crippen LogP contribution >= 0.6 is 11.6 Å². The van der Waals surface area contributed by atoms with Gasteiger partial charge >= 0.3 is 6.18 Å². The summed E-state index contributed by atoms with van der Waals surface area (Å²) in [4.78, 5) is 12.3. The Bertz CT molecular complexity index is 1200. The standard InChI is InChI=1S/C21H16ClF3N2O4S/c22-14-6-9-17(10-7-14)32(29,30)27-19-11-8-16(31-15-4-2-1-3-5-15)12-18(19)20(28)26-13-21(23,24)25/h1-12,27H,13H2,(H,26,28). The molecule has 0 aromatic heterocycles. The van der Waals surface area contributed by atoms with Crippen LogP contribution in [0.3, 0.4) is 0 Å². The van der Waals surface area contributed by atoms with Crippen molar-refractivity contribution in [2.24, 2.45) is 0 Å². The zero-order valence-corrected chi connectivity index (χ0v) is 17.8. The zero-order valence-electron chi connectivity index (χ0n) is 16.2. The van der Waals surface area contributed by atoms with Crippen LogP contribution in [0.1, 0.15) is 10.4 Å². The molecule has 32 heavy (non-hydrogen) atoms. The van der Waals surface area contributed by atoms with Gasteiger partial charge in [-0.15, -0.1) is 0 Å². The maximum Gasteiger partial charge on any atom is 0.405 e. The van der Waals surface area contributed by atoms with Gasteiger partial charge in [-0.25, -0.2) is 8.42 Å². The maximum absolute atomic E-state index is 12.7. The Morgan fingerprint density at radius 1 is 0.938 bits per heavy atom. The number of nitrogens with one attached hydrogen (secondary N) is 2. The number of alkyl halides is 3. The molecule has 0 fully saturated rings. The van der Waals surface area contributed by atoms with Crippen molar-refractivity contribution in [3.8, 4) is 11.5 Å². The molecule has 3 aromatic carbocycles. The van der Waals surface area contributed by atoms with Crippen molar-refractivity contribution in [2.75, 3.05) is 11.3 Å². The Balaban J connectivity index is 1.94. The van der Waals surface area contributed by atoms with E-state index in [1.54, 1.807) is 35.6 Å². The first-order valence-corrected chi connectivity index (χ1v) is 10.9. The van der Waals surface area contributed by atoms with Crippen LogP contribution < -0.4 is 14.8 Å². The quantitative estimate of drug-likeness (QED) is 0.481. The largest absolute Gasteiger partial charge is 0.457 e. The van der Waals surface area contributed by atoms with E-state index < -0.39 is 28.7 Å². The molecule has 2 N–H and O–H groups in total. The minimum atomic E-state index is -4.64. The highest BCUT2D eigenvalue weighted by atomic mass is 35.5. The van der Waals surface area contributed by atoms with Crippen LogP contribution in [0.25, 0.3) is 0 Å². The minimum Gasteiger partial charge on any atom is -0.457 e. The van der Waals surface area contributed by atoms with Crippen molar-refractivity contribution >= 4 is 33.2 Å². The van der Waals surface area contributed by atoms with Crippen LogP contribution in [-0.4, -0.2) is 27.0 Å². The first-order valence-electron chi connectivity index (χ1n) is 9.04. The van der Waals surface area contributed by atoms with E-state index in [0.29, 0.717) is 10.8 Å². The molecule has 0 bridgehead atoms. The van der Waals surface area contributed by atoms with Crippen LogP contribution in [-0.2, 0) is 10.0 Å². The van der Waals surface area contributed by atoms with Crippen LogP contribution in [0.5, 0.6) is 11.5 Å². The molecular weight excluding hydrogens is 469 g/mol. The van der Waals surface area contributed by atoms with Crippen molar-refractivity contribution in [2.45, 2.75) is 11.1 Å². The molecule has 0 aliphatic carbocycles. The Labute approximate surface area is 187 Å². The summed E-state index contributed by atoms with van der Waals surface area (Å²) >= 11 is 5.77. The molecule has 3 aromatic rings. The van der Waals surface area contributed by atoms with E-state index in [4.69, 9.17) is 16.3 Å². The highest BCUT2D eigenvalue weighted by Gasteiger charge is 2.29. The van der Waals surface area contributed by atoms with Gasteiger partial charge in [0.2, 0.25) is 0 Å². The summed E-state index contributed by atoms with van der Waals surface area (Å²) in [6, 6.07) is 17.5. The predicted molar refractivity (Wildman–Crippen MR) is 114 cm³/mol. The summed E-state index contributed by atoms with van der Waals surface area (Å²) < 4.78 is 70.9. The monoisotopic (exact) mass is 484 g/mol. The van der Waals surface area contributed by atoms with E-state index in [0.717, 1.165) is 6.07 Å². The van der Waals surface area contributed by atoms with Crippen LogP contribution in [0.4, 0.5) is 18.9 Å². The second kappa shape index (κ2) is 9.49. The molecule has 11 heteroatoms. The molecule has 0 aliphatic heterocycles. The number of benzene rings is 3. The molecule has 0 saturated carbocycles. The van der Waals surface area contributed by atoms with Crippen molar-refractivity contribution in [3.05, 3.63) is 83.4 Å². The number of anilines is 1. The third-order valence-corrected chi connectivity index (χ3v) is 5.67. The van der Waals surface area contributed by atoms with E-state index in [2.05, 4.69) is 4.72 Å². The van der Waals surface area contributed by atoms with E-state index in [1.807, 2.05) is 0 Å². The summed E-state index contributed by atoms with van der Waals surface area (Å²) in [7, 11) is -4.15. The Morgan fingerprint density at radius 3 is 2.22 bits per heavy atom. The molecule has 0 atom stereocenters. The van der Waals surface area contributed by atoms with Crippen molar-refractivity contribution in [1.29, 1.82) is 0 Å². The summed E-state index contributed by atoms with van der Waals surface area (Å²) in [5, 5.41) is 2.05. The van der Waals surface area contributed by atoms with Crippen molar-refractivity contribution < 1.29 is 31.1 Å². The molecule has 0 unspecified atom stereocenters. The average molecular weight is 485 g/mol. The van der Waals surface area contributed by atoms with Gasteiger partial charge in [0.15, 0.2) is 0 Å². The minimum absolute atomic E-state index is 0.128. The van der Waals surface area contributed by atoms with Gasteiger partial charge in [-0.2, -0.15) is 13.2 Å². The molecule has 168 valence electrons. The molecule has 0 saturated heterocycles. The number of hydrogen-bond acceptors (Lipinski definition) is 4. The van der Waals surface area contributed by atoms with Gasteiger partial charge in [-0.1, -0.05) is 29.8 Å². The molecule has 0 spiro atoms. The van der Waals surface area contributed by atoms with Crippen LogP contribution in [0.2, 0.25) is 5.02 Å². The molecule has 0 radical (unpaired) electrons. The fourth-order valence-corrected chi connectivity index (χ4v) is 3.79. The molecule has 6 nitrogen and oxygen atoms in total. The molecule has 0 aliphatic rings. The number of ether oxygens (including phenoxy) is 1. The fraction of sp³-hybridized carbons (Fsp3) is 0.0952. The van der Waals surface area contributed by atoms with Gasteiger partial charge in [0.1, 0.15) is 18.0 Å². The summed E-state index contributed by atoms with van der Waals surface area (Å²) in [5.41, 5.74) is -0.569. The average Bonchev–Trinajstić information content (AvgIpc) is 2.73. The number of rotatable bonds is 7. The van der Waals surface area contributed by atoms with Gasteiger partial charge < -0.3 is 10.1 Å². The maximum atomic E-state index is 12.7. The number of carbonyl (C=O) groups excluding carboxylic acids is 1. The van der Waals surface area contributed by atoms with Gasteiger partial charge in [0.25, 0.3) is 15.9 Å². The lowest BCUT2D eigenvalue weighted by Gasteiger charge is -2.15. The Morgan fingerprint density at radius 2 is 1.59 bits per heavy atom. The van der Waals surface area contributed by atoms with E-state index >= 15 is 0 Å². The van der Waals surface area contributed by atoms with E-state index in [-0.39, 0.29) is 21.9 Å². The molecule has 3 rings (SSSR count). The number of carbonyl (C=O) groups is 1. The number of para-hydroxylation sites is 1. The summed E-state index contributed by atoms with van der Waals surface area (Å²) in [5.74, 6) is -0.582. The van der Waals surface area contributed by atoms with Gasteiger partial charge in [-0.05, 0) is 54.6 Å². The highest BCUT2D eigenvalue weighted by Crippen LogP contribution is 2.28. The highest BCUT2D eigenvalue weighted by molar-refractivity contribution is 7.92. The second-order valence-electron chi connectivity index (χ2n) is 6.48. The third kappa shape index (κ3) is 6.38. The van der Waals surface area contributed by atoms with Crippen molar-refractivity contribution in [3.63, 3.8) is 0 Å². The molecular formula is C21H16ClF3N2O4S. The van der Waals surface area contributed by atoms with Crippen LogP contribution in [0.15, 0.2) is 77.7 Å². The normalized spacial score (nSPS) is 11.6. The summed E-state index contributed by atoms with van der Waals surface area (Å²) in [6.45, 7) is -1.58. The number of halogens is 4. The fourth-order valence-electron chi connectivity index (χ4n) is 2.58. The number of hydrogen-bond donors (Lipinski definition) is 2. The Hall–Kier alpha value is -3.24. The third-order valence-electron chi connectivity index (χ3n) is 4.03. The van der Waals surface area contributed by atoms with Gasteiger partial charge in [0, 0.05) is 5.02 Å². The topological polar surface area (TPSA) is 84.5 Å². The lowest BCUT2D eigenvalue weighted by molar-refractivity contribution is -0.123. The second-order valence-corrected chi connectivity index (χ2v) is 8.60. The van der Waals surface area contributed by atoms with Crippen molar-refractivity contribution in [1.82, 2.24) is 5.32 Å². The number of amides is 1. The molecule has 1 amide bonds. The first kappa shape index (κ1) is 23.4.